The maximum atomic E-state index is 13.1. The highest BCUT2D eigenvalue weighted by molar-refractivity contribution is 6.30. The molecule has 2 atom stereocenters. The second-order valence-electron chi connectivity index (χ2n) is 6.61. The first-order valence-corrected chi connectivity index (χ1v) is 8.96. The first-order chi connectivity index (χ1) is 11.6. The summed E-state index contributed by atoms with van der Waals surface area (Å²) in [4.78, 5) is 28.5. The molecule has 0 bridgehead atoms. The van der Waals surface area contributed by atoms with Crippen molar-refractivity contribution in [1.82, 2.24) is 15.1 Å². The van der Waals surface area contributed by atoms with Gasteiger partial charge in [0.2, 0.25) is 11.8 Å². The number of benzene rings is 1. The summed E-state index contributed by atoms with van der Waals surface area (Å²) in [6.45, 7) is 5.10. The first kappa shape index (κ1) is 20.0. The van der Waals surface area contributed by atoms with E-state index in [-0.39, 0.29) is 36.2 Å². The van der Waals surface area contributed by atoms with E-state index >= 15 is 0 Å². The normalized spacial score (nSPS) is 23.8. The molecular formula is C18H25Cl2N3O2. The number of piperazine rings is 1. The molecule has 0 radical (unpaired) electrons. The van der Waals surface area contributed by atoms with Gasteiger partial charge in [0.1, 0.15) is 0 Å². The monoisotopic (exact) mass is 385 g/mol. The number of amides is 2. The molecule has 2 amide bonds. The number of hydrogen-bond donors (Lipinski definition) is 1. The van der Waals surface area contributed by atoms with E-state index in [1.165, 1.54) is 0 Å². The van der Waals surface area contributed by atoms with Crippen molar-refractivity contribution >= 4 is 35.8 Å². The van der Waals surface area contributed by atoms with Crippen LogP contribution in [-0.4, -0.2) is 54.3 Å². The number of carbonyl (C=O) groups excluding carboxylic acids is 2. The van der Waals surface area contributed by atoms with Crippen molar-refractivity contribution in [2.45, 2.75) is 25.8 Å². The van der Waals surface area contributed by atoms with E-state index in [4.69, 9.17) is 11.6 Å². The fourth-order valence-electron chi connectivity index (χ4n) is 3.68. The van der Waals surface area contributed by atoms with E-state index in [2.05, 4.69) is 5.32 Å². The van der Waals surface area contributed by atoms with Crippen LogP contribution < -0.4 is 5.32 Å². The minimum atomic E-state index is -0.0950. The third-order valence-electron chi connectivity index (χ3n) is 4.98. The molecule has 25 heavy (non-hydrogen) atoms. The smallest absolute Gasteiger partial charge is 0.228 e. The largest absolute Gasteiger partial charge is 0.342 e. The Morgan fingerprint density at radius 1 is 1.28 bits per heavy atom. The molecule has 0 aliphatic carbocycles. The third kappa shape index (κ3) is 4.66. The molecule has 3 rings (SSSR count). The second-order valence-corrected chi connectivity index (χ2v) is 7.05. The van der Waals surface area contributed by atoms with Crippen molar-refractivity contribution in [1.29, 1.82) is 0 Å². The van der Waals surface area contributed by atoms with Gasteiger partial charge < -0.3 is 15.1 Å². The predicted octanol–water partition coefficient (Wildman–Crippen LogP) is 2.49. The van der Waals surface area contributed by atoms with Gasteiger partial charge in [0.15, 0.2) is 0 Å². The zero-order chi connectivity index (χ0) is 17.1. The van der Waals surface area contributed by atoms with Crippen LogP contribution in [0.25, 0.3) is 0 Å². The van der Waals surface area contributed by atoms with Gasteiger partial charge >= 0.3 is 0 Å². The zero-order valence-corrected chi connectivity index (χ0v) is 16.0. The van der Waals surface area contributed by atoms with E-state index in [1.54, 1.807) is 11.8 Å². The number of piperidine rings is 1. The quantitative estimate of drug-likeness (QED) is 0.850. The maximum Gasteiger partial charge on any atom is 0.228 e. The van der Waals surface area contributed by atoms with Crippen LogP contribution in [0.1, 0.15) is 31.4 Å². The minimum absolute atomic E-state index is 0. The van der Waals surface area contributed by atoms with Crippen LogP contribution >= 0.6 is 24.0 Å². The molecule has 0 saturated carbocycles. The summed E-state index contributed by atoms with van der Waals surface area (Å²) in [7, 11) is 0. The number of halogens is 2. The number of rotatable bonds is 2. The topological polar surface area (TPSA) is 52.7 Å². The Kier molecular flexibility index (Phi) is 7.11. The highest BCUT2D eigenvalue weighted by Crippen LogP contribution is 2.28. The Bertz CT molecular complexity index is 626. The summed E-state index contributed by atoms with van der Waals surface area (Å²) >= 11 is 6.13. The number of nitrogens with zero attached hydrogens (tertiary/aromatic N) is 2. The molecule has 2 saturated heterocycles. The molecule has 2 heterocycles. The Morgan fingerprint density at radius 3 is 2.80 bits per heavy atom. The zero-order valence-electron chi connectivity index (χ0n) is 14.4. The standard InChI is InChI=1S/C18H24ClN3O2.ClH/c1-13(23)21-8-3-5-15(12-21)18(24)22-9-7-20-11-17(22)14-4-2-6-16(19)10-14;/h2,4,6,10,15,17,20H,3,5,7-9,11-12H2,1H3;1H. The molecule has 0 aromatic heterocycles. The molecule has 138 valence electrons. The van der Waals surface area contributed by atoms with Crippen molar-refractivity contribution in [3.05, 3.63) is 34.9 Å². The van der Waals surface area contributed by atoms with E-state index in [0.29, 0.717) is 18.1 Å². The number of hydrogen-bond acceptors (Lipinski definition) is 3. The van der Waals surface area contributed by atoms with Gasteiger partial charge in [0, 0.05) is 44.7 Å². The molecule has 0 spiro atoms. The van der Waals surface area contributed by atoms with Crippen molar-refractivity contribution < 1.29 is 9.59 Å². The predicted molar refractivity (Wildman–Crippen MR) is 101 cm³/mol. The number of carbonyl (C=O) groups is 2. The van der Waals surface area contributed by atoms with Crippen molar-refractivity contribution in [3.63, 3.8) is 0 Å². The molecule has 1 N–H and O–H groups in total. The van der Waals surface area contributed by atoms with Gasteiger partial charge in [-0.1, -0.05) is 23.7 Å². The van der Waals surface area contributed by atoms with Gasteiger partial charge in [0.05, 0.1) is 12.0 Å². The van der Waals surface area contributed by atoms with E-state index in [1.807, 2.05) is 29.2 Å². The van der Waals surface area contributed by atoms with Crippen LogP contribution in [0.3, 0.4) is 0 Å². The molecule has 2 fully saturated rings. The summed E-state index contributed by atoms with van der Waals surface area (Å²) in [5.41, 5.74) is 1.06. The Morgan fingerprint density at radius 2 is 2.08 bits per heavy atom. The van der Waals surface area contributed by atoms with Gasteiger partial charge in [-0.05, 0) is 30.5 Å². The maximum absolute atomic E-state index is 13.1. The lowest BCUT2D eigenvalue weighted by Gasteiger charge is -2.40. The van der Waals surface area contributed by atoms with Crippen molar-refractivity contribution in [3.8, 4) is 0 Å². The van der Waals surface area contributed by atoms with Crippen LogP contribution in [0.15, 0.2) is 24.3 Å². The van der Waals surface area contributed by atoms with Crippen molar-refractivity contribution in [2.24, 2.45) is 5.92 Å². The Balaban J connectivity index is 0.00000225. The molecule has 7 heteroatoms. The summed E-state index contributed by atoms with van der Waals surface area (Å²) in [6.07, 6.45) is 1.75. The van der Waals surface area contributed by atoms with Crippen LogP contribution in [-0.2, 0) is 9.59 Å². The Hall–Kier alpha value is -1.30. The molecule has 2 unspecified atom stereocenters. The van der Waals surface area contributed by atoms with E-state index in [0.717, 1.165) is 38.0 Å². The van der Waals surface area contributed by atoms with E-state index in [9.17, 15) is 9.59 Å². The minimum Gasteiger partial charge on any atom is -0.342 e. The number of likely N-dealkylation sites (tertiary alicyclic amines) is 1. The van der Waals surface area contributed by atoms with Crippen LogP contribution in [0.4, 0.5) is 0 Å². The number of nitrogens with one attached hydrogen (secondary N) is 1. The van der Waals surface area contributed by atoms with Gasteiger partial charge in [-0.15, -0.1) is 12.4 Å². The Labute approximate surface area is 160 Å². The summed E-state index contributed by atoms with van der Waals surface area (Å²) < 4.78 is 0. The lowest BCUT2D eigenvalue weighted by molar-refractivity contribution is -0.143. The lowest BCUT2D eigenvalue weighted by atomic mass is 9.94. The fraction of sp³-hybridized carbons (Fsp3) is 0.556. The molecule has 1 aromatic rings. The summed E-state index contributed by atoms with van der Waals surface area (Å²) in [5, 5.41) is 4.05. The average Bonchev–Trinajstić information content (AvgIpc) is 2.61. The molecule has 1 aromatic carbocycles. The van der Waals surface area contributed by atoms with Crippen LogP contribution in [0.2, 0.25) is 5.02 Å². The summed E-state index contributed by atoms with van der Waals surface area (Å²) in [5.74, 6) is 0.120. The highest BCUT2D eigenvalue weighted by Gasteiger charge is 2.35. The molecule has 5 nitrogen and oxygen atoms in total. The van der Waals surface area contributed by atoms with E-state index < -0.39 is 0 Å². The summed E-state index contributed by atoms with van der Waals surface area (Å²) in [6, 6.07) is 7.72. The molecule has 2 aliphatic heterocycles. The third-order valence-corrected chi connectivity index (χ3v) is 5.21. The van der Waals surface area contributed by atoms with Gasteiger partial charge in [-0.3, -0.25) is 9.59 Å². The SMILES string of the molecule is CC(=O)N1CCCC(C(=O)N2CCNCC2c2cccc(Cl)c2)C1.Cl. The van der Waals surface area contributed by atoms with Gasteiger partial charge in [-0.25, -0.2) is 0 Å². The molecular weight excluding hydrogens is 361 g/mol. The fourth-order valence-corrected chi connectivity index (χ4v) is 3.88. The molecule has 2 aliphatic rings. The highest BCUT2D eigenvalue weighted by atomic mass is 35.5. The van der Waals surface area contributed by atoms with Crippen molar-refractivity contribution in [2.75, 3.05) is 32.7 Å². The first-order valence-electron chi connectivity index (χ1n) is 8.58. The van der Waals surface area contributed by atoms with Crippen LogP contribution in [0, 0.1) is 5.92 Å². The van der Waals surface area contributed by atoms with Gasteiger partial charge in [0.25, 0.3) is 0 Å². The van der Waals surface area contributed by atoms with Crippen LogP contribution in [0.5, 0.6) is 0 Å². The second kappa shape index (κ2) is 8.88. The van der Waals surface area contributed by atoms with Gasteiger partial charge in [-0.2, -0.15) is 0 Å². The average molecular weight is 386 g/mol. The lowest BCUT2D eigenvalue weighted by Crippen LogP contribution is -2.53.